The number of guanidine groups is 1. The molecule has 0 radical (unpaired) electrons. The molecule has 0 amide bonds. The Balaban J connectivity index is 1.48. The van der Waals surface area contributed by atoms with E-state index in [0.717, 1.165) is 18.4 Å². The minimum Gasteiger partial charge on any atom is -0.373 e. The lowest BCUT2D eigenvalue weighted by Gasteiger charge is -2.34. The second-order valence-corrected chi connectivity index (χ2v) is 10.1. The van der Waals surface area contributed by atoms with Crippen LogP contribution in [0.3, 0.4) is 0 Å². The van der Waals surface area contributed by atoms with Gasteiger partial charge in [-0.25, -0.2) is 12.8 Å². The van der Waals surface area contributed by atoms with Crippen molar-refractivity contribution in [1.82, 2.24) is 14.9 Å². The minimum absolute atomic E-state index is 0.0117. The Kier molecular flexibility index (Phi) is 6.80. The number of hydrogen-bond donors (Lipinski definition) is 2. The third-order valence-electron chi connectivity index (χ3n) is 5.54. The fraction of sp³-hybridized carbons (Fsp3) is 0.650. The van der Waals surface area contributed by atoms with Gasteiger partial charge in [0, 0.05) is 38.6 Å². The van der Waals surface area contributed by atoms with Gasteiger partial charge in [-0.1, -0.05) is 12.1 Å². The first kappa shape index (κ1) is 22.0. The highest BCUT2D eigenvalue weighted by atomic mass is 32.2. The number of nitrogens with one attached hydrogen (secondary N) is 2. The van der Waals surface area contributed by atoms with Gasteiger partial charge in [0.2, 0.25) is 10.0 Å². The zero-order chi connectivity index (χ0) is 21.1. The fourth-order valence-corrected chi connectivity index (χ4v) is 5.29. The Morgan fingerprint density at radius 1 is 1.28 bits per heavy atom. The van der Waals surface area contributed by atoms with E-state index in [1.807, 2.05) is 19.9 Å². The third kappa shape index (κ3) is 5.67. The van der Waals surface area contributed by atoms with Crippen LogP contribution in [0.15, 0.2) is 29.3 Å². The van der Waals surface area contributed by atoms with Gasteiger partial charge < -0.3 is 15.4 Å². The van der Waals surface area contributed by atoms with E-state index in [1.165, 1.54) is 10.4 Å². The van der Waals surface area contributed by atoms with Crippen LogP contribution in [0.2, 0.25) is 0 Å². The van der Waals surface area contributed by atoms with Crippen molar-refractivity contribution in [3.8, 4) is 0 Å². The highest BCUT2D eigenvalue weighted by molar-refractivity contribution is 7.89. The predicted molar refractivity (Wildman–Crippen MR) is 112 cm³/mol. The molecule has 2 unspecified atom stereocenters. The topological polar surface area (TPSA) is 83.0 Å². The van der Waals surface area contributed by atoms with Gasteiger partial charge >= 0.3 is 0 Å². The molecule has 9 heteroatoms. The molecule has 1 aliphatic carbocycles. The largest absolute Gasteiger partial charge is 0.373 e. The summed E-state index contributed by atoms with van der Waals surface area (Å²) < 4.78 is 45.9. The number of nitrogens with zero attached hydrogens (tertiary/aromatic N) is 2. The summed E-state index contributed by atoms with van der Waals surface area (Å²) in [5.41, 5.74) is 0.907. The van der Waals surface area contributed by atoms with Crippen molar-refractivity contribution in [2.75, 3.05) is 39.0 Å². The highest BCUT2D eigenvalue weighted by Crippen LogP contribution is 2.47. The van der Waals surface area contributed by atoms with E-state index in [9.17, 15) is 12.8 Å². The minimum atomic E-state index is -3.37. The lowest BCUT2D eigenvalue weighted by molar-refractivity contribution is -0.0440. The van der Waals surface area contributed by atoms with Crippen molar-refractivity contribution in [2.24, 2.45) is 4.99 Å². The van der Waals surface area contributed by atoms with Gasteiger partial charge in [0.25, 0.3) is 0 Å². The van der Waals surface area contributed by atoms with Gasteiger partial charge in [-0.15, -0.1) is 0 Å². The molecule has 1 aliphatic heterocycles. The van der Waals surface area contributed by atoms with Crippen LogP contribution in [0.25, 0.3) is 0 Å². The molecule has 1 saturated heterocycles. The van der Waals surface area contributed by atoms with Crippen molar-refractivity contribution < 1.29 is 17.5 Å². The molecular formula is C20H31FN4O3S. The molecule has 0 aromatic heterocycles. The van der Waals surface area contributed by atoms with Crippen LogP contribution < -0.4 is 10.6 Å². The quantitative estimate of drug-likeness (QED) is 0.510. The van der Waals surface area contributed by atoms with Gasteiger partial charge in [0.05, 0.1) is 18.0 Å². The fourth-order valence-electron chi connectivity index (χ4n) is 3.80. The Labute approximate surface area is 172 Å². The summed E-state index contributed by atoms with van der Waals surface area (Å²) in [5.74, 6) is 0.308. The van der Waals surface area contributed by atoms with Crippen LogP contribution in [0.1, 0.15) is 32.3 Å². The molecule has 1 aromatic rings. The number of sulfonamides is 1. The molecule has 3 rings (SSSR count). The zero-order valence-electron chi connectivity index (χ0n) is 17.3. The molecule has 1 heterocycles. The van der Waals surface area contributed by atoms with Crippen molar-refractivity contribution in [2.45, 2.75) is 44.3 Å². The molecule has 2 fully saturated rings. The molecule has 29 heavy (non-hydrogen) atoms. The van der Waals surface area contributed by atoms with E-state index in [0.29, 0.717) is 25.6 Å². The summed E-state index contributed by atoms with van der Waals surface area (Å²) in [5, 5.41) is 6.34. The summed E-state index contributed by atoms with van der Waals surface area (Å²) in [6, 6.07) is 6.71. The average molecular weight is 427 g/mol. The Hall–Kier alpha value is -1.71. The molecule has 0 spiro atoms. The van der Waals surface area contributed by atoms with Gasteiger partial charge in [0.1, 0.15) is 5.82 Å². The first-order chi connectivity index (χ1) is 13.7. The number of aliphatic imine (C=N–C) groups is 1. The average Bonchev–Trinajstić information content (AvgIpc) is 3.45. The Morgan fingerprint density at radius 2 is 1.97 bits per heavy atom. The Bertz CT molecular complexity index is 832. The smallest absolute Gasteiger partial charge is 0.216 e. The van der Waals surface area contributed by atoms with Crippen LogP contribution in [0.4, 0.5) is 4.39 Å². The van der Waals surface area contributed by atoms with Crippen molar-refractivity contribution >= 4 is 16.0 Å². The number of benzene rings is 1. The maximum absolute atomic E-state index is 13.5. The van der Waals surface area contributed by atoms with Crippen molar-refractivity contribution in [3.63, 3.8) is 0 Å². The number of ether oxygens (including phenoxy) is 1. The maximum atomic E-state index is 13.5. The third-order valence-corrected chi connectivity index (χ3v) is 7.35. The molecule has 2 atom stereocenters. The standard InChI is InChI=1S/C20H31FN4O3S/c1-15-12-25(13-16(2)28-15)29(26,27)10-9-23-19(22-3)24-14-20(7-8-20)17-5-4-6-18(21)11-17/h4-6,11,15-16H,7-10,12-14H2,1-3H3,(H2,22,23,24). The summed E-state index contributed by atoms with van der Waals surface area (Å²) in [7, 11) is -1.72. The molecule has 162 valence electrons. The van der Waals surface area contributed by atoms with Crippen molar-refractivity contribution in [3.05, 3.63) is 35.6 Å². The second-order valence-electron chi connectivity index (χ2n) is 8.03. The number of halogens is 1. The lowest BCUT2D eigenvalue weighted by atomic mass is 9.96. The van der Waals surface area contributed by atoms with Gasteiger partial charge in [-0.2, -0.15) is 4.31 Å². The summed E-state index contributed by atoms with van der Waals surface area (Å²) in [6.45, 7) is 5.42. The number of morpholine rings is 1. The Morgan fingerprint density at radius 3 is 2.55 bits per heavy atom. The van der Waals surface area contributed by atoms with E-state index >= 15 is 0 Å². The normalized spacial score (nSPS) is 24.9. The molecule has 2 N–H and O–H groups in total. The van der Waals surface area contributed by atoms with E-state index in [2.05, 4.69) is 15.6 Å². The zero-order valence-corrected chi connectivity index (χ0v) is 18.1. The molecule has 7 nitrogen and oxygen atoms in total. The van der Waals surface area contributed by atoms with E-state index < -0.39 is 10.0 Å². The monoisotopic (exact) mass is 426 g/mol. The van der Waals surface area contributed by atoms with Gasteiger partial charge in [0.15, 0.2) is 5.96 Å². The second kappa shape index (κ2) is 8.97. The van der Waals surface area contributed by atoms with Crippen LogP contribution >= 0.6 is 0 Å². The molecular weight excluding hydrogens is 395 g/mol. The molecule has 1 saturated carbocycles. The van der Waals surface area contributed by atoms with Gasteiger partial charge in [-0.3, -0.25) is 4.99 Å². The van der Waals surface area contributed by atoms with E-state index in [-0.39, 0.29) is 35.7 Å². The van der Waals surface area contributed by atoms with Crippen molar-refractivity contribution in [1.29, 1.82) is 0 Å². The van der Waals surface area contributed by atoms with Crippen LogP contribution in [-0.4, -0.2) is 69.9 Å². The lowest BCUT2D eigenvalue weighted by Crippen LogP contribution is -2.50. The van der Waals surface area contributed by atoms with Crippen LogP contribution in [0.5, 0.6) is 0 Å². The predicted octanol–water partition coefficient (Wildman–Crippen LogP) is 1.46. The number of hydrogen-bond acceptors (Lipinski definition) is 4. The SMILES string of the molecule is CN=C(NCCS(=O)(=O)N1CC(C)OC(C)C1)NCC1(c2cccc(F)c2)CC1. The van der Waals surface area contributed by atoms with E-state index in [4.69, 9.17) is 4.74 Å². The van der Waals surface area contributed by atoms with Crippen LogP contribution in [0, 0.1) is 5.82 Å². The first-order valence-electron chi connectivity index (χ1n) is 10.1. The molecule has 1 aromatic carbocycles. The summed E-state index contributed by atoms with van der Waals surface area (Å²) in [6.07, 6.45) is 1.77. The maximum Gasteiger partial charge on any atom is 0.216 e. The molecule has 2 aliphatic rings. The van der Waals surface area contributed by atoms with Crippen LogP contribution in [-0.2, 0) is 20.2 Å². The van der Waals surface area contributed by atoms with E-state index in [1.54, 1.807) is 19.2 Å². The summed E-state index contributed by atoms with van der Waals surface area (Å²) in [4.78, 5) is 4.18. The first-order valence-corrected chi connectivity index (χ1v) is 11.7. The number of rotatable bonds is 7. The summed E-state index contributed by atoms with van der Waals surface area (Å²) >= 11 is 0. The molecule has 0 bridgehead atoms. The highest BCUT2D eigenvalue weighted by Gasteiger charge is 2.44. The van der Waals surface area contributed by atoms with Gasteiger partial charge in [-0.05, 0) is 44.4 Å².